The third-order valence-corrected chi connectivity index (χ3v) is 7.63. The minimum Gasteiger partial charge on any atom is -0.426 e. The van der Waals surface area contributed by atoms with Crippen LogP contribution in [-0.2, 0) is 11.3 Å². The van der Waals surface area contributed by atoms with Gasteiger partial charge in [0.1, 0.15) is 0 Å². The lowest BCUT2D eigenvalue weighted by atomic mass is 9.47. The molecule has 1 aliphatic heterocycles. The highest BCUT2D eigenvalue weighted by atomic mass is 16.4. The van der Waals surface area contributed by atoms with Crippen molar-refractivity contribution in [2.24, 2.45) is 28.9 Å². The number of fused-ring (bicyclic) bond motifs is 1. The lowest BCUT2D eigenvalue weighted by Gasteiger charge is -2.58. The maximum absolute atomic E-state index is 13.4. The molecule has 4 fully saturated rings. The summed E-state index contributed by atoms with van der Waals surface area (Å²) in [6.45, 7) is 0.414. The molecule has 6 heteroatoms. The second-order valence-corrected chi connectivity index (χ2v) is 9.28. The van der Waals surface area contributed by atoms with Crippen LogP contribution in [0.3, 0.4) is 0 Å². The summed E-state index contributed by atoms with van der Waals surface area (Å²) in [4.78, 5) is 15.0. The smallest absolute Gasteiger partial charge is 0.426 e. The Morgan fingerprint density at radius 2 is 1.69 bits per heavy atom. The van der Waals surface area contributed by atoms with Crippen molar-refractivity contribution in [3.63, 3.8) is 0 Å². The third-order valence-electron chi connectivity index (χ3n) is 7.63. The molecule has 2 unspecified atom stereocenters. The van der Waals surface area contributed by atoms with Crippen molar-refractivity contribution in [3.8, 4) is 0 Å². The van der Waals surface area contributed by atoms with Gasteiger partial charge in [0.2, 0.25) is 5.91 Å². The topological polar surface area (TPSA) is 86.8 Å². The molecule has 2 atom stereocenters. The summed E-state index contributed by atoms with van der Waals surface area (Å²) in [7, 11) is -1.59. The number of hydrogen-bond acceptors (Lipinski definition) is 4. The molecule has 0 spiro atoms. The van der Waals surface area contributed by atoms with Gasteiger partial charge in [-0.3, -0.25) is 4.79 Å². The highest BCUT2D eigenvalue weighted by Gasteiger charge is 2.56. The molecule has 5 aliphatic rings. The first-order chi connectivity index (χ1) is 12.5. The van der Waals surface area contributed by atoms with Crippen LogP contribution < -0.4 is 5.73 Å². The lowest BCUT2D eigenvalue weighted by Crippen LogP contribution is -2.60. The first-order valence-electron chi connectivity index (χ1n) is 9.97. The fourth-order valence-corrected chi connectivity index (χ4v) is 6.95. The van der Waals surface area contributed by atoms with Crippen molar-refractivity contribution in [1.29, 1.82) is 0 Å². The van der Waals surface area contributed by atoms with Crippen molar-refractivity contribution >= 4 is 13.0 Å². The summed E-state index contributed by atoms with van der Waals surface area (Å²) in [6, 6.07) is 7.09. The van der Waals surface area contributed by atoms with E-state index in [9.17, 15) is 14.8 Å². The normalized spacial score (nSPS) is 38.3. The van der Waals surface area contributed by atoms with Gasteiger partial charge in [-0.15, -0.1) is 0 Å². The summed E-state index contributed by atoms with van der Waals surface area (Å²) in [5.74, 6) is 1.38. The Balaban J connectivity index is 1.43. The molecule has 1 amide bonds. The van der Waals surface area contributed by atoms with E-state index in [2.05, 4.69) is 0 Å². The molecule has 6 rings (SSSR count). The van der Waals surface area contributed by atoms with Crippen molar-refractivity contribution in [2.75, 3.05) is 0 Å². The Hall–Kier alpha value is -1.37. The maximum atomic E-state index is 13.4. The first kappa shape index (κ1) is 16.8. The van der Waals surface area contributed by atoms with E-state index in [1.807, 2.05) is 24.3 Å². The van der Waals surface area contributed by atoms with Gasteiger partial charge in [-0.25, -0.2) is 0 Å². The van der Waals surface area contributed by atoms with Crippen LogP contribution in [0.5, 0.6) is 0 Å². The number of nitrogens with zero attached hydrogens (tertiary/aromatic N) is 1. The molecule has 0 aromatic heterocycles. The minimum atomic E-state index is -1.59. The number of benzene rings is 1. The largest absolute Gasteiger partial charge is 0.480 e. The predicted molar refractivity (Wildman–Crippen MR) is 98.5 cm³/mol. The molecule has 4 N–H and O–H groups in total. The monoisotopic (exact) mass is 354 g/mol. The van der Waals surface area contributed by atoms with Crippen LogP contribution >= 0.6 is 0 Å². The summed E-state index contributed by atoms with van der Waals surface area (Å²) >= 11 is 0. The molecule has 4 bridgehead atoms. The molecular weight excluding hydrogens is 327 g/mol. The second kappa shape index (κ2) is 5.81. The predicted octanol–water partition coefficient (Wildman–Crippen LogP) is 1.63. The minimum absolute atomic E-state index is 0.0778. The van der Waals surface area contributed by atoms with E-state index in [1.165, 1.54) is 19.3 Å². The molecule has 0 radical (unpaired) electrons. The van der Waals surface area contributed by atoms with Crippen molar-refractivity contribution in [2.45, 2.75) is 57.1 Å². The van der Waals surface area contributed by atoms with Gasteiger partial charge in [0.05, 0.1) is 12.0 Å². The number of carbonyl (C=O) groups excluding carboxylic acids is 1. The number of hydrogen-bond donors (Lipinski definition) is 3. The Morgan fingerprint density at radius 1 is 1.12 bits per heavy atom. The quantitative estimate of drug-likeness (QED) is 0.720. The third kappa shape index (κ3) is 2.39. The summed E-state index contributed by atoms with van der Waals surface area (Å²) in [5.41, 5.74) is 8.37. The van der Waals surface area contributed by atoms with Crippen LogP contribution in [0.1, 0.15) is 55.6 Å². The van der Waals surface area contributed by atoms with Gasteiger partial charge >= 0.3 is 7.12 Å². The Morgan fingerprint density at radius 3 is 2.27 bits per heavy atom. The average molecular weight is 354 g/mol. The lowest BCUT2D eigenvalue weighted by molar-refractivity contribution is -0.144. The van der Waals surface area contributed by atoms with Crippen LogP contribution in [0.4, 0.5) is 0 Å². The average Bonchev–Trinajstić information content (AvgIpc) is 2.99. The molecule has 4 aliphatic carbocycles. The second-order valence-electron chi connectivity index (χ2n) is 9.28. The molecule has 0 saturated heterocycles. The standard InChI is InChI=1S/C20H27BN2O3/c22-17(20-8-12-5-13(9-20)7-14(6-12)10-20)19(24)23-11-15-3-1-2-4-16(15)18(23)21(25)26/h1-4,12-14,17-18,25-26H,5-11,22H2. The Labute approximate surface area is 154 Å². The molecule has 138 valence electrons. The van der Waals surface area contributed by atoms with E-state index >= 15 is 0 Å². The number of carbonyl (C=O) groups is 1. The van der Waals surface area contributed by atoms with Gasteiger partial charge in [-0.1, -0.05) is 24.3 Å². The van der Waals surface area contributed by atoms with Gasteiger partial charge in [0.25, 0.3) is 0 Å². The van der Waals surface area contributed by atoms with Crippen LogP contribution in [0.25, 0.3) is 0 Å². The molecule has 26 heavy (non-hydrogen) atoms. The van der Waals surface area contributed by atoms with Crippen LogP contribution in [-0.4, -0.2) is 34.0 Å². The fraction of sp³-hybridized carbons (Fsp3) is 0.650. The van der Waals surface area contributed by atoms with E-state index in [1.54, 1.807) is 4.90 Å². The summed E-state index contributed by atoms with van der Waals surface area (Å²) in [6.07, 6.45) is 7.14. The first-order valence-corrected chi connectivity index (χ1v) is 9.97. The zero-order chi connectivity index (χ0) is 18.1. The number of nitrogens with two attached hydrogens (primary N) is 1. The van der Waals surface area contributed by atoms with E-state index in [4.69, 9.17) is 5.73 Å². The Kier molecular flexibility index (Phi) is 3.75. The van der Waals surface area contributed by atoms with Gasteiger partial charge in [-0.2, -0.15) is 0 Å². The van der Waals surface area contributed by atoms with Gasteiger partial charge < -0.3 is 20.7 Å². The summed E-state index contributed by atoms with van der Waals surface area (Å²) < 4.78 is 0. The molecule has 5 nitrogen and oxygen atoms in total. The van der Waals surface area contributed by atoms with Crippen molar-refractivity contribution in [1.82, 2.24) is 4.90 Å². The maximum Gasteiger partial charge on any atom is 0.480 e. The zero-order valence-corrected chi connectivity index (χ0v) is 15.1. The number of amides is 1. The number of rotatable bonds is 3. The van der Waals surface area contributed by atoms with E-state index in [0.717, 1.165) is 48.1 Å². The van der Waals surface area contributed by atoms with Gasteiger partial charge in [0.15, 0.2) is 0 Å². The molecule has 4 saturated carbocycles. The van der Waals surface area contributed by atoms with Crippen LogP contribution in [0, 0.1) is 23.2 Å². The Bertz CT molecular complexity index is 702. The van der Waals surface area contributed by atoms with Crippen LogP contribution in [0.15, 0.2) is 24.3 Å². The van der Waals surface area contributed by atoms with Crippen molar-refractivity contribution in [3.05, 3.63) is 35.4 Å². The highest BCUT2D eigenvalue weighted by Crippen LogP contribution is 2.61. The van der Waals surface area contributed by atoms with Gasteiger partial charge in [0, 0.05) is 6.54 Å². The SMILES string of the molecule is NC(C(=O)N1Cc2ccccc2C1B(O)O)C12CC3CC(CC(C3)C1)C2. The molecule has 1 aromatic carbocycles. The van der Waals surface area contributed by atoms with E-state index < -0.39 is 19.1 Å². The molecule has 1 heterocycles. The van der Waals surface area contributed by atoms with Gasteiger partial charge in [-0.05, 0) is 72.8 Å². The fourth-order valence-electron chi connectivity index (χ4n) is 6.95. The van der Waals surface area contributed by atoms with E-state index in [0.29, 0.717) is 6.54 Å². The highest BCUT2D eigenvalue weighted by molar-refractivity contribution is 6.43. The van der Waals surface area contributed by atoms with E-state index in [-0.39, 0.29) is 11.3 Å². The van der Waals surface area contributed by atoms with Crippen molar-refractivity contribution < 1.29 is 14.8 Å². The molecule has 1 aromatic rings. The zero-order valence-electron chi connectivity index (χ0n) is 15.1. The summed E-state index contributed by atoms with van der Waals surface area (Å²) in [5, 5.41) is 19.9. The molecular formula is C20H27BN2O3. The van der Waals surface area contributed by atoms with Crippen LogP contribution in [0.2, 0.25) is 0 Å².